The van der Waals surface area contributed by atoms with Crippen molar-refractivity contribution in [3.05, 3.63) is 87.6 Å². The second-order valence-corrected chi connectivity index (χ2v) is 15.2. The number of likely N-dealkylation sites (N-methyl/N-ethyl adjacent to an activating group) is 1. The summed E-state index contributed by atoms with van der Waals surface area (Å²) in [6.07, 6.45) is 1.45. The molecule has 0 bridgehead atoms. The van der Waals surface area contributed by atoms with Gasteiger partial charge in [-0.15, -0.1) is 0 Å². The van der Waals surface area contributed by atoms with Gasteiger partial charge in [-0.3, -0.25) is 23.5 Å². The van der Waals surface area contributed by atoms with Gasteiger partial charge in [0.05, 0.1) is 24.0 Å². The van der Waals surface area contributed by atoms with Crippen LogP contribution < -0.4 is 30.9 Å². The number of thiophene rings is 1. The van der Waals surface area contributed by atoms with E-state index >= 15 is 0 Å². The minimum absolute atomic E-state index is 0.0897. The monoisotopic (exact) mass is 712 g/mol. The molecule has 0 radical (unpaired) electrons. The lowest BCUT2D eigenvalue weighted by atomic mass is 10.0. The molecule has 4 amide bonds. The van der Waals surface area contributed by atoms with Crippen molar-refractivity contribution in [2.24, 2.45) is 5.92 Å². The molecular formula is C35H48N6O6S2. The molecule has 0 spiro atoms. The molecule has 0 fully saturated rings. The number of nitrogens with zero attached hydrogens (tertiary/aromatic N) is 1. The SMILES string of the molecule is CCNC(=O)[C@@H](NC(=O)[C@H](C)NC[C@H](Cc1ccccc1)NC(=O)c1cc(C(=O)NC(C)c2ccsc2)cc(N(C)S(C)(=O)=O)c1)C(C)C. The van der Waals surface area contributed by atoms with E-state index in [1.807, 2.05) is 74.9 Å². The van der Waals surface area contributed by atoms with Crippen molar-refractivity contribution in [1.29, 1.82) is 0 Å². The third-order valence-corrected chi connectivity index (χ3v) is 9.92. The minimum atomic E-state index is -3.71. The third kappa shape index (κ3) is 11.7. The van der Waals surface area contributed by atoms with Crippen LogP contribution in [0.4, 0.5) is 5.69 Å². The predicted molar refractivity (Wildman–Crippen MR) is 194 cm³/mol. The summed E-state index contributed by atoms with van der Waals surface area (Å²) in [5.74, 6) is -1.74. The molecule has 14 heteroatoms. The highest BCUT2D eigenvalue weighted by Gasteiger charge is 2.27. The predicted octanol–water partition coefficient (Wildman–Crippen LogP) is 3.23. The number of rotatable bonds is 17. The molecule has 0 aliphatic rings. The summed E-state index contributed by atoms with van der Waals surface area (Å²) in [7, 11) is -2.36. The Balaban J connectivity index is 1.85. The number of anilines is 1. The largest absolute Gasteiger partial charge is 0.355 e. The zero-order valence-electron chi connectivity index (χ0n) is 29.1. The summed E-state index contributed by atoms with van der Waals surface area (Å²) in [6, 6.07) is 13.5. The van der Waals surface area contributed by atoms with Crippen molar-refractivity contribution in [1.82, 2.24) is 26.6 Å². The molecule has 0 aliphatic carbocycles. The lowest BCUT2D eigenvalue weighted by Gasteiger charge is -2.25. The number of carbonyl (C=O) groups is 4. The maximum Gasteiger partial charge on any atom is 0.251 e. The first-order chi connectivity index (χ1) is 23.1. The molecule has 49 heavy (non-hydrogen) atoms. The van der Waals surface area contributed by atoms with Gasteiger partial charge in [0.15, 0.2) is 0 Å². The van der Waals surface area contributed by atoms with Gasteiger partial charge in [-0.25, -0.2) is 8.42 Å². The average molecular weight is 713 g/mol. The first kappa shape index (κ1) is 39.2. The Kier molecular flexibility index (Phi) is 14.3. The molecule has 5 N–H and O–H groups in total. The number of benzene rings is 2. The summed E-state index contributed by atoms with van der Waals surface area (Å²) in [4.78, 5) is 52.8. The highest BCUT2D eigenvalue weighted by atomic mass is 32.2. The van der Waals surface area contributed by atoms with Gasteiger partial charge in [-0.2, -0.15) is 11.3 Å². The molecule has 266 valence electrons. The molecule has 3 rings (SSSR count). The number of hydrogen-bond acceptors (Lipinski definition) is 8. The van der Waals surface area contributed by atoms with Crippen LogP contribution in [0.5, 0.6) is 0 Å². The van der Waals surface area contributed by atoms with Crippen molar-refractivity contribution >= 4 is 50.7 Å². The standard InChI is InChI=1S/C35H48N6O6S2/c1-8-36-35(45)31(22(2)3)40-32(42)24(5)37-20-29(16-25-12-10-9-11-13-25)39-34(44)28-17-27(18-30(19-28)41(6)49(7,46)47)33(43)38-23(4)26-14-15-48-21-26/h9-15,17-19,21-24,29,31,37H,8,16,20H2,1-7H3,(H,36,45)(H,38,43)(H,39,44)(H,40,42)/t23?,24-,29-,31-/m0/s1. The summed E-state index contributed by atoms with van der Waals surface area (Å²) < 4.78 is 25.9. The fourth-order valence-corrected chi connectivity index (χ4v) is 6.22. The molecule has 2 aromatic carbocycles. The number of sulfonamides is 1. The van der Waals surface area contributed by atoms with Crippen LogP contribution in [0.2, 0.25) is 0 Å². The smallest absolute Gasteiger partial charge is 0.251 e. The Labute approximate surface area is 293 Å². The molecule has 0 saturated carbocycles. The molecule has 1 unspecified atom stereocenters. The molecule has 3 aromatic rings. The number of carbonyl (C=O) groups excluding carboxylic acids is 4. The third-order valence-electron chi connectivity index (χ3n) is 8.02. The Hall–Kier alpha value is -4.27. The fourth-order valence-electron chi connectivity index (χ4n) is 4.98. The van der Waals surface area contributed by atoms with E-state index in [4.69, 9.17) is 0 Å². The normalized spacial score (nSPS) is 13.9. The first-order valence-corrected chi connectivity index (χ1v) is 19.0. The van der Waals surface area contributed by atoms with E-state index < -0.39 is 40.0 Å². The van der Waals surface area contributed by atoms with Crippen LogP contribution in [0.15, 0.2) is 65.4 Å². The first-order valence-electron chi connectivity index (χ1n) is 16.2. The van der Waals surface area contributed by atoms with E-state index in [2.05, 4.69) is 26.6 Å². The molecule has 1 heterocycles. The Morgan fingerprint density at radius 3 is 2.04 bits per heavy atom. The van der Waals surface area contributed by atoms with Crippen molar-refractivity contribution in [2.45, 2.75) is 65.2 Å². The number of hydrogen-bond donors (Lipinski definition) is 5. The van der Waals surface area contributed by atoms with Crippen LogP contribution in [0.25, 0.3) is 0 Å². The van der Waals surface area contributed by atoms with Crippen LogP contribution in [-0.2, 0) is 26.0 Å². The Morgan fingerprint density at radius 1 is 0.857 bits per heavy atom. The quantitative estimate of drug-likeness (QED) is 0.143. The van der Waals surface area contributed by atoms with Crippen molar-refractivity contribution < 1.29 is 27.6 Å². The zero-order valence-corrected chi connectivity index (χ0v) is 30.7. The lowest BCUT2D eigenvalue weighted by Crippen LogP contribution is -2.55. The van der Waals surface area contributed by atoms with Gasteiger partial charge in [-0.05, 0) is 79.3 Å². The summed E-state index contributed by atoms with van der Waals surface area (Å²) in [5, 5.41) is 18.5. The van der Waals surface area contributed by atoms with Gasteiger partial charge in [-0.1, -0.05) is 44.2 Å². The summed E-state index contributed by atoms with van der Waals surface area (Å²) in [6.45, 7) is 9.67. The zero-order chi connectivity index (χ0) is 36.3. The van der Waals surface area contributed by atoms with E-state index in [0.717, 1.165) is 21.7 Å². The Bertz CT molecular complexity index is 1680. The molecule has 4 atom stereocenters. The second kappa shape index (κ2) is 17.9. The van der Waals surface area contributed by atoms with Gasteiger partial charge in [0.2, 0.25) is 21.8 Å². The highest BCUT2D eigenvalue weighted by molar-refractivity contribution is 7.92. The van der Waals surface area contributed by atoms with Gasteiger partial charge in [0.25, 0.3) is 11.8 Å². The van der Waals surface area contributed by atoms with E-state index in [9.17, 15) is 27.6 Å². The fraction of sp³-hybridized carbons (Fsp3) is 0.429. The van der Waals surface area contributed by atoms with E-state index in [0.29, 0.717) is 13.0 Å². The maximum atomic E-state index is 13.8. The van der Waals surface area contributed by atoms with Gasteiger partial charge in [0.1, 0.15) is 6.04 Å². The summed E-state index contributed by atoms with van der Waals surface area (Å²) in [5.41, 5.74) is 2.22. The molecule has 0 aliphatic heterocycles. The topological polar surface area (TPSA) is 166 Å². The number of nitrogens with one attached hydrogen (secondary N) is 5. The Morgan fingerprint density at radius 2 is 1.49 bits per heavy atom. The van der Waals surface area contributed by atoms with Crippen molar-refractivity contribution in [3.8, 4) is 0 Å². The second-order valence-electron chi connectivity index (χ2n) is 12.4. The molecule has 0 saturated heterocycles. The van der Waals surface area contributed by atoms with Crippen molar-refractivity contribution in [3.63, 3.8) is 0 Å². The van der Waals surface area contributed by atoms with Crippen LogP contribution in [0.3, 0.4) is 0 Å². The maximum absolute atomic E-state index is 13.8. The van der Waals surface area contributed by atoms with Gasteiger partial charge < -0.3 is 26.6 Å². The molecule has 1 aromatic heterocycles. The summed E-state index contributed by atoms with van der Waals surface area (Å²) >= 11 is 1.50. The van der Waals surface area contributed by atoms with Crippen LogP contribution >= 0.6 is 11.3 Å². The molecular weight excluding hydrogens is 665 g/mol. The van der Waals surface area contributed by atoms with Crippen molar-refractivity contribution in [2.75, 3.05) is 30.7 Å². The van der Waals surface area contributed by atoms with E-state index in [1.165, 1.54) is 36.6 Å². The van der Waals surface area contributed by atoms with Crippen LogP contribution in [-0.4, -0.2) is 76.6 Å². The van der Waals surface area contributed by atoms with Gasteiger partial charge >= 0.3 is 0 Å². The lowest BCUT2D eigenvalue weighted by molar-refractivity contribution is -0.130. The number of amides is 4. The molecule has 12 nitrogen and oxygen atoms in total. The van der Waals surface area contributed by atoms with Crippen LogP contribution in [0, 0.1) is 5.92 Å². The van der Waals surface area contributed by atoms with Gasteiger partial charge in [0, 0.05) is 37.3 Å². The minimum Gasteiger partial charge on any atom is -0.355 e. The average Bonchev–Trinajstić information content (AvgIpc) is 3.60. The van der Waals surface area contributed by atoms with Crippen LogP contribution in [0.1, 0.15) is 72.5 Å². The van der Waals surface area contributed by atoms with E-state index in [-0.39, 0.29) is 47.1 Å². The highest BCUT2D eigenvalue weighted by Crippen LogP contribution is 2.23. The van der Waals surface area contributed by atoms with E-state index in [1.54, 1.807) is 6.92 Å².